The molecule has 2 aromatic rings. The second-order valence-electron chi connectivity index (χ2n) is 6.18. The van der Waals surface area contributed by atoms with Gasteiger partial charge in [-0.15, -0.1) is 12.4 Å². The number of hydrogen-bond donors (Lipinski definition) is 1. The van der Waals surface area contributed by atoms with Crippen LogP contribution in [0.25, 0.3) is 0 Å². The van der Waals surface area contributed by atoms with Gasteiger partial charge in [0.1, 0.15) is 17.3 Å². The number of benzene rings is 2. The zero-order chi connectivity index (χ0) is 18.5. The standard InChI is InChI=1S/C20H23FN2O3.ClH/c1-25-18-7-4-8-19(26-2)16(18)12-20(24)23-10-9-22-13-17(23)14-5-3-6-15(21)11-14;/h3-8,11,17,22H,9-10,12-13H2,1-2H3;1H. The van der Waals surface area contributed by atoms with E-state index in [-0.39, 0.29) is 36.6 Å². The second-order valence-corrected chi connectivity index (χ2v) is 6.18. The summed E-state index contributed by atoms with van der Waals surface area (Å²) in [5, 5.41) is 3.28. The molecule has 0 aliphatic carbocycles. The lowest BCUT2D eigenvalue weighted by molar-refractivity contribution is -0.133. The molecule has 3 rings (SSSR count). The van der Waals surface area contributed by atoms with Crippen LogP contribution in [0, 0.1) is 5.82 Å². The molecule has 2 aromatic carbocycles. The summed E-state index contributed by atoms with van der Waals surface area (Å²) < 4.78 is 24.4. The predicted molar refractivity (Wildman–Crippen MR) is 104 cm³/mol. The summed E-state index contributed by atoms with van der Waals surface area (Å²) in [5.41, 5.74) is 1.51. The topological polar surface area (TPSA) is 50.8 Å². The predicted octanol–water partition coefficient (Wildman–Crippen LogP) is 2.98. The van der Waals surface area contributed by atoms with Crippen LogP contribution in [-0.2, 0) is 11.2 Å². The molecule has 1 aliphatic rings. The smallest absolute Gasteiger partial charge is 0.227 e. The Morgan fingerprint density at radius 1 is 1.19 bits per heavy atom. The molecule has 0 spiro atoms. The summed E-state index contributed by atoms with van der Waals surface area (Å²) in [6, 6.07) is 11.7. The first-order valence-corrected chi connectivity index (χ1v) is 8.59. The van der Waals surface area contributed by atoms with Crippen molar-refractivity contribution in [1.82, 2.24) is 10.2 Å². The van der Waals surface area contributed by atoms with E-state index in [0.29, 0.717) is 31.1 Å². The van der Waals surface area contributed by atoms with Crippen molar-refractivity contribution in [3.63, 3.8) is 0 Å². The van der Waals surface area contributed by atoms with Gasteiger partial charge in [-0.1, -0.05) is 18.2 Å². The Bertz CT molecular complexity index is 765. The fourth-order valence-corrected chi connectivity index (χ4v) is 3.37. The number of halogens is 2. The number of nitrogens with zero attached hydrogens (tertiary/aromatic N) is 1. The SMILES string of the molecule is COc1cccc(OC)c1CC(=O)N1CCNCC1c1cccc(F)c1.Cl. The van der Waals surface area contributed by atoms with E-state index in [9.17, 15) is 9.18 Å². The van der Waals surface area contributed by atoms with Gasteiger partial charge in [-0.05, 0) is 29.8 Å². The summed E-state index contributed by atoms with van der Waals surface area (Å²) in [7, 11) is 3.15. The zero-order valence-corrected chi connectivity index (χ0v) is 16.2. The number of amides is 1. The normalized spacial score (nSPS) is 16.4. The van der Waals surface area contributed by atoms with Gasteiger partial charge in [0.05, 0.1) is 26.7 Å². The molecule has 1 aliphatic heterocycles. The van der Waals surface area contributed by atoms with E-state index in [1.165, 1.54) is 12.1 Å². The van der Waals surface area contributed by atoms with Crippen LogP contribution in [0.3, 0.4) is 0 Å². The monoisotopic (exact) mass is 394 g/mol. The highest BCUT2D eigenvalue weighted by molar-refractivity contribution is 5.85. The quantitative estimate of drug-likeness (QED) is 0.847. The van der Waals surface area contributed by atoms with Crippen LogP contribution in [0.5, 0.6) is 11.5 Å². The Kier molecular flexibility index (Phi) is 7.45. The highest BCUT2D eigenvalue weighted by atomic mass is 35.5. The average Bonchev–Trinajstić information content (AvgIpc) is 2.68. The highest BCUT2D eigenvalue weighted by Gasteiger charge is 2.29. The Balaban J connectivity index is 0.00000261. The Morgan fingerprint density at radius 3 is 2.48 bits per heavy atom. The number of methoxy groups -OCH3 is 2. The van der Waals surface area contributed by atoms with Crippen molar-refractivity contribution in [2.45, 2.75) is 12.5 Å². The van der Waals surface area contributed by atoms with Crippen LogP contribution in [0.1, 0.15) is 17.2 Å². The molecule has 0 bridgehead atoms. The third-order valence-electron chi connectivity index (χ3n) is 4.66. The van der Waals surface area contributed by atoms with Gasteiger partial charge in [0.2, 0.25) is 5.91 Å². The third-order valence-corrected chi connectivity index (χ3v) is 4.66. The van der Waals surface area contributed by atoms with E-state index in [1.807, 2.05) is 24.3 Å². The molecule has 1 saturated heterocycles. The minimum absolute atomic E-state index is 0. The number of nitrogens with one attached hydrogen (secondary N) is 1. The van der Waals surface area contributed by atoms with Gasteiger partial charge in [-0.25, -0.2) is 4.39 Å². The fourth-order valence-electron chi connectivity index (χ4n) is 3.37. The third kappa shape index (κ3) is 4.70. The van der Waals surface area contributed by atoms with Gasteiger partial charge in [-0.3, -0.25) is 4.79 Å². The average molecular weight is 395 g/mol. The number of carbonyl (C=O) groups is 1. The molecular formula is C20H24ClFN2O3. The number of rotatable bonds is 5. The molecule has 1 heterocycles. The van der Waals surface area contributed by atoms with Crippen molar-refractivity contribution in [2.24, 2.45) is 0 Å². The number of ether oxygens (including phenoxy) is 2. The van der Waals surface area contributed by atoms with Crippen LogP contribution >= 0.6 is 12.4 Å². The van der Waals surface area contributed by atoms with Crippen LogP contribution in [0.15, 0.2) is 42.5 Å². The van der Waals surface area contributed by atoms with Crippen molar-refractivity contribution in [1.29, 1.82) is 0 Å². The molecule has 1 N–H and O–H groups in total. The molecule has 146 valence electrons. The fraction of sp³-hybridized carbons (Fsp3) is 0.350. The minimum atomic E-state index is -0.299. The van der Waals surface area contributed by atoms with Crippen LogP contribution in [0.2, 0.25) is 0 Å². The largest absolute Gasteiger partial charge is 0.496 e. The van der Waals surface area contributed by atoms with Gasteiger partial charge < -0.3 is 19.7 Å². The summed E-state index contributed by atoms with van der Waals surface area (Å²) in [6.45, 7) is 1.87. The van der Waals surface area contributed by atoms with Crippen molar-refractivity contribution < 1.29 is 18.7 Å². The minimum Gasteiger partial charge on any atom is -0.496 e. The first kappa shape index (κ1) is 21.0. The number of carbonyl (C=O) groups excluding carboxylic acids is 1. The summed E-state index contributed by atoms with van der Waals surface area (Å²) in [5.74, 6) is 0.903. The van der Waals surface area contributed by atoms with Crippen molar-refractivity contribution >= 4 is 18.3 Å². The lowest BCUT2D eigenvalue weighted by Crippen LogP contribution is -2.49. The van der Waals surface area contributed by atoms with E-state index < -0.39 is 0 Å². The van der Waals surface area contributed by atoms with Crippen LogP contribution < -0.4 is 14.8 Å². The summed E-state index contributed by atoms with van der Waals surface area (Å²) >= 11 is 0. The van der Waals surface area contributed by atoms with Gasteiger partial charge in [0.25, 0.3) is 0 Å². The molecule has 0 radical (unpaired) electrons. The Hall–Kier alpha value is -2.31. The van der Waals surface area contributed by atoms with Crippen molar-refractivity contribution in [3.05, 3.63) is 59.4 Å². The second kappa shape index (κ2) is 9.58. The highest BCUT2D eigenvalue weighted by Crippen LogP contribution is 2.31. The van der Waals surface area contributed by atoms with E-state index in [2.05, 4.69) is 5.32 Å². The van der Waals surface area contributed by atoms with Gasteiger partial charge >= 0.3 is 0 Å². The molecule has 1 amide bonds. The first-order valence-electron chi connectivity index (χ1n) is 8.59. The van der Waals surface area contributed by atoms with E-state index >= 15 is 0 Å². The first-order chi connectivity index (χ1) is 12.6. The van der Waals surface area contributed by atoms with E-state index in [0.717, 1.165) is 11.1 Å². The molecule has 27 heavy (non-hydrogen) atoms. The maximum Gasteiger partial charge on any atom is 0.227 e. The van der Waals surface area contributed by atoms with E-state index in [4.69, 9.17) is 9.47 Å². The van der Waals surface area contributed by atoms with Crippen LogP contribution in [0.4, 0.5) is 4.39 Å². The molecule has 1 unspecified atom stereocenters. The lowest BCUT2D eigenvalue weighted by atomic mass is 10.0. The number of piperazine rings is 1. The zero-order valence-electron chi connectivity index (χ0n) is 15.4. The molecule has 7 heteroatoms. The Morgan fingerprint density at radius 2 is 1.85 bits per heavy atom. The Labute approximate surface area is 164 Å². The maximum atomic E-state index is 13.6. The van der Waals surface area contributed by atoms with Crippen molar-refractivity contribution in [2.75, 3.05) is 33.9 Å². The molecule has 1 fully saturated rings. The molecular weight excluding hydrogens is 371 g/mol. The van der Waals surface area contributed by atoms with Crippen molar-refractivity contribution in [3.8, 4) is 11.5 Å². The maximum absolute atomic E-state index is 13.6. The molecule has 0 saturated carbocycles. The molecule has 0 aromatic heterocycles. The van der Waals surface area contributed by atoms with Gasteiger partial charge in [0, 0.05) is 25.2 Å². The van der Waals surface area contributed by atoms with Gasteiger partial charge in [-0.2, -0.15) is 0 Å². The van der Waals surface area contributed by atoms with Crippen LogP contribution in [-0.4, -0.2) is 44.7 Å². The lowest BCUT2D eigenvalue weighted by Gasteiger charge is -2.37. The summed E-state index contributed by atoms with van der Waals surface area (Å²) in [6.07, 6.45) is 0.166. The summed E-state index contributed by atoms with van der Waals surface area (Å²) in [4.78, 5) is 14.9. The number of hydrogen-bond acceptors (Lipinski definition) is 4. The molecule has 1 atom stereocenters. The molecule has 5 nitrogen and oxygen atoms in total. The van der Waals surface area contributed by atoms with Gasteiger partial charge in [0.15, 0.2) is 0 Å². The van der Waals surface area contributed by atoms with E-state index in [1.54, 1.807) is 25.2 Å².